The molecule has 5 nitrogen and oxygen atoms in total. The highest BCUT2D eigenvalue weighted by molar-refractivity contribution is 5.96. The summed E-state index contributed by atoms with van der Waals surface area (Å²) in [6.07, 6.45) is 6.94. The quantitative estimate of drug-likeness (QED) is 0.682. The van der Waals surface area contributed by atoms with E-state index in [-0.39, 0.29) is 36.2 Å². The number of amides is 2. The molecule has 6 heteroatoms. The van der Waals surface area contributed by atoms with Gasteiger partial charge in [0.05, 0.1) is 0 Å². The molecular weight excluding hydrogens is 350 g/mol. The first-order valence-corrected chi connectivity index (χ1v) is 8.71. The lowest BCUT2D eigenvalue weighted by atomic mass is 10.00. The molecule has 2 rings (SSSR count). The van der Waals surface area contributed by atoms with E-state index in [2.05, 4.69) is 18.5 Å². The second kappa shape index (κ2) is 10.8. The maximum Gasteiger partial charge on any atom is 0.254 e. The van der Waals surface area contributed by atoms with Crippen molar-refractivity contribution in [3.63, 3.8) is 0 Å². The molecule has 0 spiro atoms. The van der Waals surface area contributed by atoms with Gasteiger partial charge in [0.1, 0.15) is 0 Å². The molecule has 3 N–H and O–H groups in total. The monoisotopic (exact) mass is 377 g/mol. The van der Waals surface area contributed by atoms with Crippen molar-refractivity contribution in [2.75, 3.05) is 18.4 Å². The van der Waals surface area contributed by atoms with E-state index in [1.165, 1.54) is 0 Å². The van der Waals surface area contributed by atoms with Gasteiger partial charge in [-0.25, -0.2) is 0 Å². The maximum atomic E-state index is 12.5. The highest BCUT2D eigenvalue weighted by atomic mass is 35.5. The van der Waals surface area contributed by atoms with Crippen LogP contribution in [0.2, 0.25) is 0 Å². The van der Waals surface area contributed by atoms with Crippen LogP contribution in [0.25, 0.3) is 0 Å². The number of halogens is 1. The van der Waals surface area contributed by atoms with Crippen molar-refractivity contribution in [2.24, 2.45) is 11.7 Å². The topological polar surface area (TPSA) is 75.4 Å². The van der Waals surface area contributed by atoms with Crippen molar-refractivity contribution in [1.82, 2.24) is 4.90 Å². The lowest BCUT2D eigenvalue weighted by Crippen LogP contribution is -2.31. The Labute approximate surface area is 161 Å². The zero-order valence-electron chi connectivity index (χ0n) is 15.0. The average molecular weight is 378 g/mol. The number of hydrogen-bond donors (Lipinski definition) is 2. The van der Waals surface area contributed by atoms with Gasteiger partial charge >= 0.3 is 0 Å². The largest absolute Gasteiger partial charge is 0.331 e. The number of nitrogens with two attached hydrogens (primary N) is 1. The van der Waals surface area contributed by atoms with Gasteiger partial charge in [-0.05, 0) is 43.0 Å². The van der Waals surface area contributed by atoms with E-state index < -0.39 is 0 Å². The van der Waals surface area contributed by atoms with Gasteiger partial charge in [0, 0.05) is 36.8 Å². The molecule has 2 amide bonds. The highest BCUT2D eigenvalue weighted by Crippen LogP contribution is 2.27. The third-order valence-electron chi connectivity index (χ3n) is 4.57. The van der Waals surface area contributed by atoms with Crippen molar-refractivity contribution in [3.8, 4) is 0 Å². The number of benzene rings is 1. The summed E-state index contributed by atoms with van der Waals surface area (Å²) in [4.78, 5) is 26.2. The van der Waals surface area contributed by atoms with Gasteiger partial charge in [0.15, 0.2) is 0 Å². The predicted octanol–water partition coefficient (Wildman–Crippen LogP) is 3.38. The van der Waals surface area contributed by atoms with Gasteiger partial charge in [0.25, 0.3) is 5.91 Å². The van der Waals surface area contributed by atoms with Crippen LogP contribution >= 0.6 is 12.4 Å². The zero-order valence-corrected chi connectivity index (χ0v) is 15.8. The molecule has 0 saturated heterocycles. The average Bonchev–Trinajstić information content (AvgIpc) is 2.99. The van der Waals surface area contributed by atoms with Gasteiger partial charge in [-0.1, -0.05) is 18.6 Å². The minimum Gasteiger partial charge on any atom is -0.331 e. The van der Waals surface area contributed by atoms with Gasteiger partial charge < -0.3 is 16.0 Å². The second-order valence-electron chi connectivity index (χ2n) is 6.47. The Bertz CT molecular complexity index is 620. The molecule has 1 saturated carbocycles. The molecular formula is C20H28ClN3O2. The Balaban J connectivity index is 0.00000338. The smallest absolute Gasteiger partial charge is 0.254 e. The van der Waals surface area contributed by atoms with E-state index in [1.807, 2.05) is 0 Å². The van der Waals surface area contributed by atoms with Crippen LogP contribution in [0.3, 0.4) is 0 Å². The van der Waals surface area contributed by atoms with Crippen LogP contribution < -0.4 is 11.1 Å². The number of nitrogens with one attached hydrogen (secondary N) is 1. The molecule has 0 heterocycles. The molecule has 2 atom stereocenters. The Kier molecular flexibility index (Phi) is 9.10. The summed E-state index contributed by atoms with van der Waals surface area (Å²) < 4.78 is 0. The van der Waals surface area contributed by atoms with Crippen LogP contribution in [0.15, 0.2) is 49.6 Å². The number of nitrogens with zero attached hydrogens (tertiary/aromatic N) is 1. The lowest BCUT2D eigenvalue weighted by Gasteiger charge is -2.19. The second-order valence-corrected chi connectivity index (χ2v) is 6.47. The fraction of sp³-hybridized carbons (Fsp3) is 0.400. The van der Waals surface area contributed by atoms with Crippen LogP contribution in [0, 0.1) is 5.92 Å². The number of anilines is 1. The summed E-state index contributed by atoms with van der Waals surface area (Å²) in [5.41, 5.74) is 7.27. The van der Waals surface area contributed by atoms with Crippen molar-refractivity contribution in [2.45, 2.75) is 31.7 Å². The fourth-order valence-electron chi connectivity index (χ4n) is 3.20. The number of hydrogen-bond acceptors (Lipinski definition) is 3. The molecule has 142 valence electrons. The molecule has 1 aromatic rings. The molecule has 1 aliphatic rings. The SMILES string of the molecule is C=CCN(CC=C)C(=O)c1ccc(NC(=O)C[C@@H]2CCC[C@H]2N)cc1.Cl. The molecule has 0 unspecified atom stereocenters. The Hall–Kier alpha value is -2.11. The molecule has 1 aliphatic carbocycles. The van der Waals surface area contributed by atoms with Gasteiger partial charge in [-0.15, -0.1) is 25.6 Å². The summed E-state index contributed by atoms with van der Waals surface area (Å²) >= 11 is 0. The highest BCUT2D eigenvalue weighted by Gasteiger charge is 2.26. The number of rotatable bonds is 8. The Morgan fingerprint density at radius 3 is 2.27 bits per heavy atom. The van der Waals surface area contributed by atoms with Crippen molar-refractivity contribution >= 4 is 29.9 Å². The van der Waals surface area contributed by atoms with E-state index in [9.17, 15) is 9.59 Å². The lowest BCUT2D eigenvalue weighted by molar-refractivity contribution is -0.117. The van der Waals surface area contributed by atoms with Crippen LogP contribution in [-0.2, 0) is 4.79 Å². The number of carbonyl (C=O) groups is 2. The molecule has 1 fully saturated rings. The first-order chi connectivity index (χ1) is 12.0. The molecule has 0 aliphatic heterocycles. The van der Waals surface area contributed by atoms with Crippen molar-refractivity contribution < 1.29 is 9.59 Å². The van der Waals surface area contributed by atoms with Crippen LogP contribution in [0.5, 0.6) is 0 Å². The van der Waals surface area contributed by atoms with Gasteiger partial charge in [0.2, 0.25) is 5.91 Å². The molecule has 0 bridgehead atoms. The van der Waals surface area contributed by atoms with E-state index in [1.54, 1.807) is 41.3 Å². The van der Waals surface area contributed by atoms with E-state index >= 15 is 0 Å². The van der Waals surface area contributed by atoms with Crippen molar-refractivity contribution in [3.05, 3.63) is 55.1 Å². The van der Waals surface area contributed by atoms with E-state index in [0.717, 1.165) is 19.3 Å². The third kappa shape index (κ3) is 6.00. The summed E-state index contributed by atoms with van der Waals surface area (Å²) in [5, 5.41) is 2.88. The summed E-state index contributed by atoms with van der Waals surface area (Å²) in [7, 11) is 0. The Morgan fingerprint density at radius 1 is 1.15 bits per heavy atom. The Morgan fingerprint density at radius 2 is 1.77 bits per heavy atom. The van der Waals surface area contributed by atoms with Crippen molar-refractivity contribution in [1.29, 1.82) is 0 Å². The molecule has 0 aromatic heterocycles. The normalized spacial score (nSPS) is 18.5. The van der Waals surface area contributed by atoms with Crippen LogP contribution in [0.4, 0.5) is 5.69 Å². The molecule has 26 heavy (non-hydrogen) atoms. The first kappa shape index (κ1) is 21.9. The van der Waals surface area contributed by atoms with E-state index in [0.29, 0.717) is 30.8 Å². The van der Waals surface area contributed by atoms with Crippen LogP contribution in [0.1, 0.15) is 36.0 Å². The summed E-state index contributed by atoms with van der Waals surface area (Å²) in [6.45, 7) is 8.26. The minimum absolute atomic E-state index is 0. The molecule has 0 radical (unpaired) electrons. The van der Waals surface area contributed by atoms with Gasteiger partial charge in [-0.2, -0.15) is 0 Å². The zero-order chi connectivity index (χ0) is 18.2. The van der Waals surface area contributed by atoms with E-state index in [4.69, 9.17) is 5.73 Å². The van der Waals surface area contributed by atoms with Crippen LogP contribution in [-0.4, -0.2) is 35.8 Å². The number of carbonyl (C=O) groups excluding carboxylic acids is 2. The standard InChI is InChI=1S/C20H27N3O2.ClH/c1-3-12-23(13-4-2)20(25)15-8-10-17(11-9-15)22-19(24)14-16-6-5-7-18(16)21;/h3-4,8-11,16,18H,1-2,5-7,12-14,21H2,(H,22,24);1H/t16-,18+;/m0./s1. The molecule has 1 aromatic carbocycles. The predicted molar refractivity (Wildman–Crippen MR) is 109 cm³/mol. The van der Waals surface area contributed by atoms with Gasteiger partial charge in [-0.3, -0.25) is 9.59 Å². The fourth-order valence-corrected chi connectivity index (χ4v) is 3.20. The third-order valence-corrected chi connectivity index (χ3v) is 4.57. The maximum absolute atomic E-state index is 12.5. The first-order valence-electron chi connectivity index (χ1n) is 8.71. The summed E-state index contributed by atoms with van der Waals surface area (Å²) in [5.74, 6) is 0.156. The summed E-state index contributed by atoms with van der Waals surface area (Å²) in [6, 6.07) is 7.07. The minimum atomic E-state index is -0.0883.